The molecule has 0 aliphatic rings. The minimum Gasteiger partial charge on any atom is -0.389 e. The number of nitrogens with two attached hydrogens (primary N) is 2. The smallest absolute Gasteiger partial charge is 0.236 e. The van der Waals surface area contributed by atoms with Crippen molar-refractivity contribution in [2.24, 2.45) is 11.5 Å². The minimum absolute atomic E-state index is 0.0212. The fraction of sp³-hybridized carbons (Fsp3) is 0.143. The Balaban J connectivity index is 2.84. The van der Waals surface area contributed by atoms with Gasteiger partial charge in [0.15, 0.2) is 0 Å². The first-order valence-corrected chi connectivity index (χ1v) is 4.14. The summed E-state index contributed by atoms with van der Waals surface area (Å²) in [6.45, 7) is -0.0212. The van der Waals surface area contributed by atoms with Gasteiger partial charge in [0.05, 0.1) is 12.1 Å². The van der Waals surface area contributed by atoms with Gasteiger partial charge in [0.25, 0.3) is 0 Å². The maximum atomic E-state index is 10.5. The average Bonchev–Trinajstić information content (AvgIpc) is 2.15. The van der Waals surface area contributed by atoms with E-state index in [1.54, 1.807) is 0 Å². The topological polar surface area (TPSA) is 107 Å². The Labute approximate surface area is 85.7 Å². The molecular weight excluding hydrogens is 202 g/mol. The molecule has 1 amide bonds. The summed E-state index contributed by atoms with van der Waals surface area (Å²) < 4.78 is 0. The van der Waals surface area contributed by atoms with E-state index in [9.17, 15) is 4.79 Å². The second kappa shape index (κ2) is 4.47. The largest absolute Gasteiger partial charge is 0.389 e. The lowest BCUT2D eigenvalue weighted by atomic mass is 10.3. The molecule has 0 atom stereocenters. The Hall–Kier alpha value is -1.76. The molecule has 6 nitrogen and oxygen atoms in total. The van der Waals surface area contributed by atoms with E-state index in [-0.39, 0.29) is 11.5 Å². The van der Waals surface area contributed by atoms with Crippen molar-refractivity contribution < 1.29 is 4.79 Å². The zero-order chi connectivity index (χ0) is 10.6. The molecule has 0 spiro atoms. The van der Waals surface area contributed by atoms with Crippen molar-refractivity contribution in [2.45, 2.75) is 0 Å². The predicted molar refractivity (Wildman–Crippen MR) is 55.6 cm³/mol. The van der Waals surface area contributed by atoms with E-state index in [1.165, 1.54) is 12.5 Å². The summed E-state index contributed by atoms with van der Waals surface area (Å²) >= 11 is 4.77. The number of aromatic nitrogens is 2. The van der Waals surface area contributed by atoms with Gasteiger partial charge >= 0.3 is 0 Å². The molecule has 0 fully saturated rings. The number of nitrogens with zero attached hydrogens (tertiary/aromatic N) is 2. The highest BCUT2D eigenvalue weighted by atomic mass is 32.1. The van der Waals surface area contributed by atoms with Crippen molar-refractivity contribution in [3.8, 4) is 0 Å². The highest BCUT2D eigenvalue weighted by Gasteiger charge is 2.06. The van der Waals surface area contributed by atoms with Crippen molar-refractivity contribution in [1.29, 1.82) is 0 Å². The summed E-state index contributed by atoms with van der Waals surface area (Å²) in [6.07, 6.45) is 2.80. The van der Waals surface area contributed by atoms with Crippen LogP contribution in [-0.2, 0) is 4.79 Å². The molecule has 0 unspecified atom stereocenters. The van der Waals surface area contributed by atoms with Crippen LogP contribution in [0.25, 0.3) is 0 Å². The fourth-order valence-corrected chi connectivity index (χ4v) is 0.971. The van der Waals surface area contributed by atoms with Crippen LogP contribution >= 0.6 is 12.2 Å². The van der Waals surface area contributed by atoms with Crippen LogP contribution in [0, 0.1) is 0 Å². The molecule has 0 saturated carbocycles. The maximum absolute atomic E-state index is 10.5. The SMILES string of the molecule is NC(=O)CNc1ncncc1C(N)=S. The van der Waals surface area contributed by atoms with Gasteiger partial charge in [-0.2, -0.15) is 0 Å². The third-order valence-electron chi connectivity index (χ3n) is 1.41. The molecule has 7 heteroatoms. The molecule has 74 valence electrons. The van der Waals surface area contributed by atoms with E-state index in [0.29, 0.717) is 11.4 Å². The van der Waals surface area contributed by atoms with Gasteiger partial charge in [-0.15, -0.1) is 0 Å². The summed E-state index contributed by atoms with van der Waals surface area (Å²) in [7, 11) is 0. The van der Waals surface area contributed by atoms with Gasteiger partial charge in [-0.3, -0.25) is 4.79 Å². The van der Waals surface area contributed by atoms with E-state index in [1.807, 2.05) is 0 Å². The molecule has 1 aromatic heterocycles. The highest BCUT2D eigenvalue weighted by molar-refractivity contribution is 7.80. The summed E-state index contributed by atoms with van der Waals surface area (Å²) in [5.41, 5.74) is 10.9. The number of hydrogen-bond acceptors (Lipinski definition) is 5. The van der Waals surface area contributed by atoms with Gasteiger partial charge in [-0.25, -0.2) is 9.97 Å². The number of primary amides is 1. The van der Waals surface area contributed by atoms with E-state index in [2.05, 4.69) is 15.3 Å². The maximum Gasteiger partial charge on any atom is 0.236 e. The number of anilines is 1. The van der Waals surface area contributed by atoms with Crippen LogP contribution in [0.1, 0.15) is 5.56 Å². The van der Waals surface area contributed by atoms with Crippen LogP contribution < -0.4 is 16.8 Å². The first-order valence-electron chi connectivity index (χ1n) is 3.73. The van der Waals surface area contributed by atoms with Gasteiger partial charge < -0.3 is 16.8 Å². The lowest BCUT2D eigenvalue weighted by Gasteiger charge is -2.06. The molecule has 5 N–H and O–H groups in total. The molecule has 1 rings (SSSR count). The van der Waals surface area contributed by atoms with Crippen LogP contribution in [0.5, 0.6) is 0 Å². The molecule has 14 heavy (non-hydrogen) atoms. The standard InChI is InChI=1S/C7H9N5OS/c8-5(13)2-11-7-4(6(9)14)1-10-3-12-7/h1,3H,2H2,(H2,8,13)(H2,9,14)(H,10,11,12). The minimum atomic E-state index is -0.488. The Bertz CT molecular complexity index is 367. The number of amides is 1. The highest BCUT2D eigenvalue weighted by Crippen LogP contribution is 2.08. The number of thiocarbonyl (C=S) groups is 1. The van der Waals surface area contributed by atoms with Crippen LogP contribution in [0.15, 0.2) is 12.5 Å². The zero-order valence-electron chi connectivity index (χ0n) is 7.23. The Morgan fingerprint density at radius 2 is 2.29 bits per heavy atom. The normalized spacial score (nSPS) is 9.43. The van der Waals surface area contributed by atoms with Crippen molar-refractivity contribution in [3.05, 3.63) is 18.1 Å². The molecule has 0 radical (unpaired) electrons. The second-order valence-electron chi connectivity index (χ2n) is 2.47. The third kappa shape index (κ3) is 2.63. The van der Waals surface area contributed by atoms with E-state index in [4.69, 9.17) is 23.7 Å². The summed E-state index contributed by atoms with van der Waals surface area (Å²) in [5.74, 6) is -0.0798. The molecule has 1 heterocycles. The second-order valence-corrected chi connectivity index (χ2v) is 2.91. The fourth-order valence-electron chi connectivity index (χ4n) is 0.822. The van der Waals surface area contributed by atoms with E-state index in [0.717, 1.165) is 0 Å². The average molecular weight is 211 g/mol. The number of rotatable bonds is 4. The molecule has 0 saturated heterocycles. The Kier molecular flexibility index (Phi) is 3.29. The number of hydrogen-bond donors (Lipinski definition) is 3. The Morgan fingerprint density at radius 3 is 2.86 bits per heavy atom. The number of carbonyl (C=O) groups is 1. The van der Waals surface area contributed by atoms with Crippen LogP contribution in [0.4, 0.5) is 5.82 Å². The van der Waals surface area contributed by atoms with Gasteiger partial charge in [0, 0.05) is 6.20 Å². The van der Waals surface area contributed by atoms with Gasteiger partial charge in [-0.05, 0) is 0 Å². The molecule has 0 aliphatic heterocycles. The monoisotopic (exact) mass is 211 g/mol. The van der Waals surface area contributed by atoms with Gasteiger partial charge in [-0.1, -0.05) is 12.2 Å². The summed E-state index contributed by atoms with van der Waals surface area (Å²) in [4.78, 5) is 18.3. The van der Waals surface area contributed by atoms with Crippen molar-refractivity contribution in [2.75, 3.05) is 11.9 Å². The van der Waals surface area contributed by atoms with Gasteiger partial charge in [0.2, 0.25) is 5.91 Å². The molecule has 0 aliphatic carbocycles. The first-order chi connectivity index (χ1) is 6.61. The van der Waals surface area contributed by atoms with Crippen molar-refractivity contribution in [3.63, 3.8) is 0 Å². The van der Waals surface area contributed by atoms with Crippen LogP contribution in [0.3, 0.4) is 0 Å². The van der Waals surface area contributed by atoms with Crippen LogP contribution in [0.2, 0.25) is 0 Å². The molecule has 0 bridgehead atoms. The quantitative estimate of drug-likeness (QED) is 0.552. The lowest BCUT2D eigenvalue weighted by Crippen LogP contribution is -2.24. The molecule has 1 aromatic rings. The van der Waals surface area contributed by atoms with Crippen molar-refractivity contribution >= 4 is 28.9 Å². The molecular formula is C7H9N5OS. The summed E-state index contributed by atoms with van der Waals surface area (Å²) in [5, 5.41) is 2.70. The number of carbonyl (C=O) groups excluding carboxylic acids is 1. The third-order valence-corrected chi connectivity index (χ3v) is 1.63. The zero-order valence-corrected chi connectivity index (χ0v) is 8.04. The lowest BCUT2D eigenvalue weighted by molar-refractivity contribution is -0.116. The van der Waals surface area contributed by atoms with Crippen molar-refractivity contribution in [1.82, 2.24) is 9.97 Å². The number of nitrogens with one attached hydrogen (secondary N) is 1. The Morgan fingerprint density at radius 1 is 1.57 bits per heavy atom. The molecule has 0 aromatic carbocycles. The van der Waals surface area contributed by atoms with Crippen LogP contribution in [-0.4, -0.2) is 27.4 Å². The van der Waals surface area contributed by atoms with Gasteiger partial charge in [0.1, 0.15) is 17.1 Å². The van der Waals surface area contributed by atoms with E-state index >= 15 is 0 Å². The van der Waals surface area contributed by atoms with E-state index < -0.39 is 5.91 Å². The first kappa shape index (κ1) is 10.3. The predicted octanol–water partition coefficient (Wildman–Crippen LogP) is -0.992. The summed E-state index contributed by atoms with van der Waals surface area (Å²) in [6, 6.07) is 0.